The summed E-state index contributed by atoms with van der Waals surface area (Å²) in [7, 11) is 0. The fraction of sp³-hybridized carbons (Fsp3) is 0.0435. The van der Waals surface area contributed by atoms with Crippen molar-refractivity contribution < 1.29 is 0 Å². The van der Waals surface area contributed by atoms with E-state index in [1.807, 2.05) is 36.3 Å². The lowest BCUT2D eigenvalue weighted by Gasteiger charge is -2.39. The van der Waals surface area contributed by atoms with Gasteiger partial charge in [-0.1, -0.05) is 60.3 Å². The second-order valence-corrected chi connectivity index (χ2v) is 7.73. The highest BCUT2D eigenvalue weighted by Crippen LogP contribution is 2.60. The summed E-state index contributed by atoms with van der Waals surface area (Å²) < 4.78 is 0. The van der Waals surface area contributed by atoms with Crippen LogP contribution in [0.3, 0.4) is 0 Å². The molecule has 0 amide bonds. The van der Waals surface area contributed by atoms with E-state index in [9.17, 15) is 0 Å². The number of rotatable bonds is 0. The maximum atomic E-state index is 4.73. The smallest absolute Gasteiger partial charge is 0.0937 e. The molecule has 1 aliphatic carbocycles. The van der Waals surface area contributed by atoms with Crippen LogP contribution < -0.4 is 0 Å². The van der Waals surface area contributed by atoms with Gasteiger partial charge < -0.3 is 0 Å². The highest BCUT2D eigenvalue weighted by Gasteiger charge is 2.51. The first-order chi connectivity index (χ1) is 12.9. The number of aromatic nitrogens is 2. The minimum absolute atomic E-state index is 0.342. The number of hydrogen-bond donors (Lipinski definition) is 0. The monoisotopic (exact) mass is 350 g/mol. The number of benzene rings is 2. The second kappa shape index (κ2) is 5.05. The minimum atomic E-state index is -0.342. The van der Waals surface area contributed by atoms with Crippen molar-refractivity contribution in [3.05, 3.63) is 107 Å². The van der Waals surface area contributed by atoms with E-state index in [1.165, 1.54) is 32.0 Å². The molecule has 122 valence electrons. The third-order valence-electron chi connectivity index (χ3n) is 5.45. The van der Waals surface area contributed by atoms with Gasteiger partial charge in [-0.3, -0.25) is 9.97 Å². The Hall–Kier alpha value is -2.91. The number of nitrogens with zero attached hydrogens (tertiary/aromatic N) is 2. The number of pyridine rings is 2. The van der Waals surface area contributed by atoms with Gasteiger partial charge >= 0.3 is 0 Å². The average molecular weight is 350 g/mol. The van der Waals surface area contributed by atoms with E-state index in [-0.39, 0.29) is 5.41 Å². The van der Waals surface area contributed by atoms with Crippen molar-refractivity contribution >= 4 is 11.8 Å². The van der Waals surface area contributed by atoms with Gasteiger partial charge in [-0.25, -0.2) is 0 Å². The minimum Gasteiger partial charge on any atom is -0.254 e. The molecule has 3 heterocycles. The molecule has 2 aliphatic rings. The van der Waals surface area contributed by atoms with Crippen LogP contribution in [0.5, 0.6) is 0 Å². The summed E-state index contributed by atoms with van der Waals surface area (Å²) in [6.45, 7) is 0. The molecule has 1 spiro atoms. The lowest BCUT2D eigenvalue weighted by atomic mass is 9.68. The molecule has 0 unspecified atom stereocenters. The van der Waals surface area contributed by atoms with E-state index in [0.29, 0.717) is 0 Å². The number of hydrogen-bond acceptors (Lipinski definition) is 3. The predicted molar refractivity (Wildman–Crippen MR) is 103 cm³/mol. The van der Waals surface area contributed by atoms with Gasteiger partial charge in [0.15, 0.2) is 0 Å². The van der Waals surface area contributed by atoms with Crippen molar-refractivity contribution in [3.63, 3.8) is 0 Å². The third-order valence-corrected chi connectivity index (χ3v) is 6.60. The van der Waals surface area contributed by atoms with Gasteiger partial charge in [0.1, 0.15) is 0 Å². The molecule has 26 heavy (non-hydrogen) atoms. The van der Waals surface area contributed by atoms with Crippen molar-refractivity contribution in [2.45, 2.75) is 15.2 Å². The van der Waals surface area contributed by atoms with Crippen molar-refractivity contribution in [1.82, 2.24) is 9.97 Å². The molecule has 2 aromatic heterocycles. The van der Waals surface area contributed by atoms with Crippen LogP contribution in [0.2, 0.25) is 0 Å². The molecule has 6 rings (SSSR count). The highest BCUT2D eigenvalue weighted by atomic mass is 32.2. The van der Waals surface area contributed by atoms with Crippen LogP contribution in [-0.2, 0) is 5.41 Å². The Balaban J connectivity index is 1.87. The Labute approximate surface area is 156 Å². The molecule has 0 bridgehead atoms. The Morgan fingerprint density at radius 2 is 1.00 bits per heavy atom. The zero-order valence-corrected chi connectivity index (χ0v) is 14.7. The topological polar surface area (TPSA) is 25.8 Å². The molecule has 2 nitrogen and oxygen atoms in total. The molecule has 1 aliphatic heterocycles. The van der Waals surface area contributed by atoms with Crippen LogP contribution in [0.25, 0.3) is 11.4 Å². The zero-order chi connectivity index (χ0) is 17.1. The van der Waals surface area contributed by atoms with E-state index >= 15 is 0 Å². The van der Waals surface area contributed by atoms with Gasteiger partial charge in [0, 0.05) is 22.2 Å². The third kappa shape index (κ3) is 1.59. The van der Waals surface area contributed by atoms with E-state index in [2.05, 4.69) is 60.7 Å². The first-order valence-electron chi connectivity index (χ1n) is 8.69. The first-order valence-corrected chi connectivity index (χ1v) is 9.50. The Bertz CT molecular complexity index is 1090. The second-order valence-electron chi connectivity index (χ2n) is 6.64. The molecule has 0 fully saturated rings. The lowest BCUT2D eigenvalue weighted by Crippen LogP contribution is -2.32. The Morgan fingerprint density at radius 1 is 0.538 bits per heavy atom. The SMILES string of the molecule is c1ccc2c(c1)Sc1ccccc1C21c2cccnc2-c2ncccc21. The van der Waals surface area contributed by atoms with Crippen molar-refractivity contribution in [1.29, 1.82) is 0 Å². The summed E-state index contributed by atoms with van der Waals surface area (Å²) in [5.41, 5.74) is 6.77. The van der Waals surface area contributed by atoms with Crippen LogP contribution in [0, 0.1) is 0 Å². The standard InChI is InChI=1S/C23H14N2S/c1-3-11-19-15(7-1)23(16-8-2-4-12-20(16)26-19)17-9-5-13-24-21(17)22-18(23)10-6-14-25-22/h1-14H. The maximum absolute atomic E-state index is 4.73. The van der Waals surface area contributed by atoms with Gasteiger partial charge in [-0.05, 0) is 46.5 Å². The molecule has 0 atom stereocenters. The maximum Gasteiger partial charge on any atom is 0.0937 e. The summed E-state index contributed by atoms with van der Waals surface area (Å²) in [5.74, 6) is 0. The van der Waals surface area contributed by atoms with Gasteiger partial charge in [-0.2, -0.15) is 0 Å². The van der Waals surface area contributed by atoms with Gasteiger partial charge in [0.25, 0.3) is 0 Å². The van der Waals surface area contributed by atoms with Crippen LogP contribution in [-0.4, -0.2) is 9.97 Å². The molecule has 0 radical (unpaired) electrons. The van der Waals surface area contributed by atoms with Gasteiger partial charge in [0.05, 0.1) is 16.8 Å². The van der Waals surface area contributed by atoms with Crippen molar-refractivity contribution in [2.75, 3.05) is 0 Å². The predicted octanol–water partition coefficient (Wildman–Crippen LogP) is 5.30. The summed E-state index contributed by atoms with van der Waals surface area (Å²) in [6, 6.07) is 26.0. The van der Waals surface area contributed by atoms with Gasteiger partial charge in [-0.15, -0.1) is 0 Å². The quantitative estimate of drug-likeness (QED) is 0.371. The first kappa shape index (κ1) is 14.3. The fourth-order valence-corrected chi connectivity index (χ4v) is 5.71. The normalized spacial score (nSPS) is 15.1. The Kier molecular flexibility index (Phi) is 2.78. The van der Waals surface area contributed by atoms with Crippen LogP contribution in [0.15, 0.2) is 95.0 Å². The van der Waals surface area contributed by atoms with Crippen LogP contribution >= 0.6 is 11.8 Å². The lowest BCUT2D eigenvalue weighted by molar-refractivity contribution is 0.719. The van der Waals surface area contributed by atoms with E-state index in [4.69, 9.17) is 9.97 Å². The number of fused-ring (bicyclic) bond motifs is 9. The average Bonchev–Trinajstić information content (AvgIpc) is 3.00. The Morgan fingerprint density at radius 3 is 1.54 bits per heavy atom. The van der Waals surface area contributed by atoms with E-state index in [1.54, 1.807) is 0 Å². The summed E-state index contributed by atoms with van der Waals surface area (Å²) >= 11 is 1.85. The van der Waals surface area contributed by atoms with Crippen molar-refractivity contribution in [2.24, 2.45) is 0 Å². The molecular formula is C23H14N2S. The molecule has 0 saturated carbocycles. The molecule has 0 N–H and O–H groups in total. The highest BCUT2D eigenvalue weighted by molar-refractivity contribution is 7.99. The van der Waals surface area contributed by atoms with Gasteiger partial charge in [0.2, 0.25) is 0 Å². The van der Waals surface area contributed by atoms with Crippen LogP contribution in [0.4, 0.5) is 0 Å². The molecular weight excluding hydrogens is 336 g/mol. The summed E-state index contributed by atoms with van der Waals surface area (Å²) in [5, 5.41) is 0. The van der Waals surface area contributed by atoms with E-state index in [0.717, 1.165) is 11.4 Å². The largest absolute Gasteiger partial charge is 0.254 e. The van der Waals surface area contributed by atoms with Crippen molar-refractivity contribution in [3.8, 4) is 11.4 Å². The molecule has 3 heteroatoms. The molecule has 4 aromatic rings. The molecule has 2 aromatic carbocycles. The van der Waals surface area contributed by atoms with E-state index < -0.39 is 0 Å². The summed E-state index contributed by atoms with van der Waals surface area (Å²) in [4.78, 5) is 12.1. The summed E-state index contributed by atoms with van der Waals surface area (Å²) in [6.07, 6.45) is 3.73. The molecule has 0 saturated heterocycles. The fourth-order valence-electron chi connectivity index (χ4n) is 4.51. The van der Waals surface area contributed by atoms with Crippen LogP contribution in [0.1, 0.15) is 22.3 Å². The zero-order valence-electron chi connectivity index (χ0n) is 13.9.